The van der Waals surface area contributed by atoms with Crippen molar-refractivity contribution in [3.8, 4) is 11.5 Å². The summed E-state index contributed by atoms with van der Waals surface area (Å²) in [5.74, 6) is 1.32. The van der Waals surface area contributed by atoms with Crippen molar-refractivity contribution < 1.29 is 19.2 Å². The second kappa shape index (κ2) is 8.57. The lowest BCUT2D eigenvalue weighted by molar-refractivity contribution is -0.885. The normalized spacial score (nSPS) is 11.7. The van der Waals surface area contributed by atoms with Crippen LogP contribution < -0.4 is 19.7 Å². The molecule has 128 valence electrons. The highest BCUT2D eigenvalue weighted by Gasteiger charge is 2.12. The van der Waals surface area contributed by atoms with Crippen LogP contribution in [0, 0.1) is 0 Å². The fourth-order valence-electron chi connectivity index (χ4n) is 2.42. The minimum Gasteiger partial charge on any atom is -0.497 e. The number of likely N-dealkylation sites (N-methyl/N-ethyl adjacent to an activating group) is 1. The van der Waals surface area contributed by atoms with Crippen molar-refractivity contribution in [3.05, 3.63) is 53.1 Å². The Hall–Kier alpha value is -2.24. The number of carbonyl (C=O) groups is 1. The molecule has 2 aromatic carbocycles. The molecule has 0 aliphatic heterocycles. The molecule has 1 amide bonds. The third-order valence-electron chi connectivity index (χ3n) is 3.54. The van der Waals surface area contributed by atoms with Crippen molar-refractivity contribution in [2.24, 2.45) is 0 Å². The maximum absolute atomic E-state index is 12.2. The second-order valence-corrected chi connectivity index (χ2v) is 5.97. The summed E-state index contributed by atoms with van der Waals surface area (Å²) < 4.78 is 10.3. The third kappa shape index (κ3) is 5.15. The van der Waals surface area contributed by atoms with Gasteiger partial charge in [0.05, 0.1) is 26.3 Å². The van der Waals surface area contributed by atoms with Gasteiger partial charge in [0, 0.05) is 11.3 Å². The molecule has 0 bridgehead atoms. The zero-order chi connectivity index (χ0) is 17.5. The van der Waals surface area contributed by atoms with Crippen molar-refractivity contribution >= 4 is 23.2 Å². The Morgan fingerprint density at radius 3 is 2.62 bits per heavy atom. The molecule has 6 heteroatoms. The highest BCUT2D eigenvalue weighted by Crippen LogP contribution is 2.27. The molecular formula is C18H22ClN2O3+. The monoisotopic (exact) mass is 349 g/mol. The molecule has 2 rings (SSSR count). The largest absolute Gasteiger partial charge is 0.497 e. The van der Waals surface area contributed by atoms with Gasteiger partial charge in [-0.25, -0.2) is 0 Å². The van der Waals surface area contributed by atoms with E-state index in [-0.39, 0.29) is 5.91 Å². The van der Waals surface area contributed by atoms with Crippen LogP contribution in [0.25, 0.3) is 0 Å². The van der Waals surface area contributed by atoms with E-state index in [0.717, 1.165) is 22.8 Å². The first kappa shape index (κ1) is 18.1. The highest BCUT2D eigenvalue weighted by atomic mass is 35.5. The number of ether oxygens (including phenoxy) is 2. The average molecular weight is 350 g/mol. The van der Waals surface area contributed by atoms with Gasteiger partial charge in [0.25, 0.3) is 5.91 Å². The predicted molar refractivity (Wildman–Crippen MR) is 95.1 cm³/mol. The van der Waals surface area contributed by atoms with Gasteiger partial charge in [-0.15, -0.1) is 0 Å². The Bertz CT molecular complexity index is 706. The van der Waals surface area contributed by atoms with Crippen LogP contribution >= 0.6 is 11.6 Å². The lowest BCUT2D eigenvalue weighted by Gasteiger charge is -2.14. The second-order valence-electron chi connectivity index (χ2n) is 5.56. The summed E-state index contributed by atoms with van der Waals surface area (Å²) in [6.07, 6.45) is 0. The number of carbonyl (C=O) groups excluding carboxylic acids is 1. The van der Waals surface area contributed by atoms with Crippen molar-refractivity contribution in [1.82, 2.24) is 0 Å². The summed E-state index contributed by atoms with van der Waals surface area (Å²) >= 11 is 6.06. The lowest BCUT2D eigenvalue weighted by Crippen LogP contribution is -3.08. The van der Waals surface area contributed by atoms with Crippen molar-refractivity contribution in [3.63, 3.8) is 0 Å². The predicted octanol–water partition coefficient (Wildman–Crippen LogP) is 2.01. The molecule has 0 aromatic heterocycles. The van der Waals surface area contributed by atoms with E-state index in [0.29, 0.717) is 23.0 Å². The first-order valence-electron chi connectivity index (χ1n) is 7.59. The highest BCUT2D eigenvalue weighted by molar-refractivity contribution is 6.32. The molecule has 0 heterocycles. The number of anilines is 1. The molecular weight excluding hydrogens is 328 g/mol. The Morgan fingerprint density at radius 2 is 1.96 bits per heavy atom. The van der Waals surface area contributed by atoms with E-state index in [4.69, 9.17) is 21.1 Å². The summed E-state index contributed by atoms with van der Waals surface area (Å²) in [7, 11) is 5.17. The molecule has 2 aromatic rings. The molecule has 0 fully saturated rings. The summed E-state index contributed by atoms with van der Waals surface area (Å²) in [5, 5.41) is 3.31. The zero-order valence-electron chi connectivity index (χ0n) is 14.1. The molecule has 5 nitrogen and oxygen atoms in total. The number of quaternary nitrogens is 1. The number of halogens is 1. The quantitative estimate of drug-likeness (QED) is 0.804. The van der Waals surface area contributed by atoms with E-state index in [1.807, 2.05) is 31.3 Å². The van der Waals surface area contributed by atoms with Crippen LogP contribution in [-0.4, -0.2) is 33.7 Å². The topological polar surface area (TPSA) is 52.0 Å². The van der Waals surface area contributed by atoms with Gasteiger partial charge in [-0.05, 0) is 30.3 Å². The van der Waals surface area contributed by atoms with E-state index in [1.165, 1.54) is 0 Å². The van der Waals surface area contributed by atoms with E-state index in [2.05, 4.69) is 5.32 Å². The van der Waals surface area contributed by atoms with Gasteiger partial charge >= 0.3 is 0 Å². The smallest absolute Gasteiger partial charge is 0.279 e. The molecule has 2 N–H and O–H groups in total. The first-order valence-corrected chi connectivity index (χ1v) is 7.97. The fourth-order valence-corrected chi connectivity index (χ4v) is 2.67. The number of hydrogen-bond donors (Lipinski definition) is 2. The minimum absolute atomic E-state index is 0.0726. The SMILES string of the molecule is COc1cccc(C[NH+](C)CC(=O)Nc2ccc(OC)c(Cl)c2)c1. The summed E-state index contributed by atoms with van der Waals surface area (Å²) in [5.41, 5.74) is 1.77. The van der Waals surface area contributed by atoms with Gasteiger partial charge in [-0.3, -0.25) is 4.79 Å². The molecule has 1 atom stereocenters. The molecule has 0 aliphatic rings. The molecule has 0 saturated carbocycles. The Labute approximate surface area is 147 Å². The third-order valence-corrected chi connectivity index (χ3v) is 3.83. The van der Waals surface area contributed by atoms with E-state index in [1.54, 1.807) is 32.4 Å². The fraction of sp³-hybridized carbons (Fsp3) is 0.278. The summed E-state index contributed by atoms with van der Waals surface area (Å²) in [4.78, 5) is 13.2. The van der Waals surface area contributed by atoms with Crippen LogP contribution in [0.4, 0.5) is 5.69 Å². The van der Waals surface area contributed by atoms with E-state index in [9.17, 15) is 4.79 Å². The van der Waals surface area contributed by atoms with E-state index >= 15 is 0 Å². The molecule has 0 saturated heterocycles. The molecule has 24 heavy (non-hydrogen) atoms. The maximum atomic E-state index is 12.2. The first-order chi connectivity index (χ1) is 11.5. The number of methoxy groups -OCH3 is 2. The number of rotatable bonds is 7. The Morgan fingerprint density at radius 1 is 1.17 bits per heavy atom. The number of nitrogens with one attached hydrogen (secondary N) is 2. The van der Waals surface area contributed by atoms with Crippen LogP contribution in [0.5, 0.6) is 11.5 Å². The van der Waals surface area contributed by atoms with Crippen molar-refractivity contribution in [2.75, 3.05) is 33.1 Å². The standard InChI is InChI=1S/C18H21ClN2O3/c1-21(11-13-5-4-6-15(9-13)23-2)12-18(22)20-14-7-8-17(24-3)16(19)10-14/h4-10H,11-12H2,1-3H3,(H,20,22)/p+1. The van der Waals surface area contributed by atoms with Gasteiger partial charge in [0.15, 0.2) is 6.54 Å². The van der Waals surface area contributed by atoms with Gasteiger partial charge < -0.3 is 19.7 Å². The zero-order valence-corrected chi connectivity index (χ0v) is 14.8. The average Bonchev–Trinajstić information content (AvgIpc) is 2.55. The van der Waals surface area contributed by atoms with Crippen molar-refractivity contribution in [1.29, 1.82) is 0 Å². The molecule has 0 spiro atoms. The van der Waals surface area contributed by atoms with Crippen LogP contribution in [0.1, 0.15) is 5.56 Å². The van der Waals surface area contributed by atoms with Crippen LogP contribution in [0.15, 0.2) is 42.5 Å². The number of hydrogen-bond acceptors (Lipinski definition) is 3. The van der Waals surface area contributed by atoms with Crippen LogP contribution in [0.3, 0.4) is 0 Å². The van der Waals surface area contributed by atoms with Gasteiger partial charge in [-0.2, -0.15) is 0 Å². The maximum Gasteiger partial charge on any atom is 0.279 e. The Kier molecular flexibility index (Phi) is 6.46. The van der Waals surface area contributed by atoms with Gasteiger partial charge in [0.1, 0.15) is 18.0 Å². The van der Waals surface area contributed by atoms with Crippen molar-refractivity contribution in [2.45, 2.75) is 6.54 Å². The minimum atomic E-state index is -0.0726. The number of amides is 1. The lowest BCUT2D eigenvalue weighted by atomic mass is 10.2. The molecule has 0 radical (unpaired) electrons. The van der Waals surface area contributed by atoms with Crippen LogP contribution in [-0.2, 0) is 11.3 Å². The van der Waals surface area contributed by atoms with Gasteiger partial charge in [0.2, 0.25) is 0 Å². The number of benzene rings is 2. The molecule has 0 aliphatic carbocycles. The van der Waals surface area contributed by atoms with Crippen LogP contribution in [0.2, 0.25) is 5.02 Å². The summed E-state index contributed by atoms with van der Waals surface area (Å²) in [6.45, 7) is 1.08. The molecule has 1 unspecified atom stereocenters. The van der Waals surface area contributed by atoms with E-state index < -0.39 is 0 Å². The van der Waals surface area contributed by atoms with Gasteiger partial charge in [-0.1, -0.05) is 23.7 Å². The Balaban J connectivity index is 1.90. The summed E-state index contributed by atoms with van der Waals surface area (Å²) in [6, 6.07) is 13.0.